The quantitative estimate of drug-likeness (QED) is 0.877. The molecule has 0 atom stereocenters. The van der Waals surface area contributed by atoms with E-state index in [1.807, 2.05) is 18.2 Å². The molecule has 0 radical (unpaired) electrons. The number of sulfonamides is 1. The van der Waals surface area contributed by atoms with Crippen molar-refractivity contribution in [1.82, 2.24) is 4.98 Å². The van der Waals surface area contributed by atoms with Gasteiger partial charge >= 0.3 is 0 Å². The molecule has 2 aliphatic rings. The van der Waals surface area contributed by atoms with E-state index in [2.05, 4.69) is 33.9 Å². The highest BCUT2D eigenvalue weighted by atomic mass is 32.2. The summed E-state index contributed by atoms with van der Waals surface area (Å²) >= 11 is 0. The Morgan fingerprint density at radius 2 is 2.00 bits per heavy atom. The summed E-state index contributed by atoms with van der Waals surface area (Å²) in [4.78, 5) is 4.63. The zero-order valence-electron chi connectivity index (χ0n) is 14.2. The molecule has 1 aliphatic heterocycles. The van der Waals surface area contributed by atoms with Crippen molar-refractivity contribution in [3.8, 4) is 0 Å². The number of para-hydroxylation sites is 1. The van der Waals surface area contributed by atoms with Gasteiger partial charge in [0.25, 0.3) is 10.0 Å². The van der Waals surface area contributed by atoms with E-state index >= 15 is 0 Å². The normalized spacial score (nSPS) is 18.3. The van der Waals surface area contributed by atoms with Crippen molar-refractivity contribution in [2.45, 2.75) is 43.4 Å². The first kappa shape index (κ1) is 16.1. The van der Waals surface area contributed by atoms with Gasteiger partial charge in [0, 0.05) is 5.69 Å². The third-order valence-electron chi connectivity index (χ3n) is 4.45. The first-order valence-electron chi connectivity index (χ1n) is 8.42. The SMILES string of the molecule is CC(C)c1ccc(NC2=NS(=O)(=O)c3cccc(C4CC4)c3N2)cn1. The Bertz CT molecular complexity index is 946. The number of pyridine rings is 1. The fraction of sp³-hybridized carbons (Fsp3) is 0.333. The van der Waals surface area contributed by atoms with Crippen molar-refractivity contribution in [2.24, 2.45) is 4.40 Å². The Hall–Kier alpha value is -2.41. The van der Waals surface area contributed by atoms with Crippen LogP contribution in [-0.2, 0) is 10.0 Å². The lowest BCUT2D eigenvalue weighted by atomic mass is 10.1. The van der Waals surface area contributed by atoms with Crippen LogP contribution in [0.5, 0.6) is 0 Å². The van der Waals surface area contributed by atoms with Gasteiger partial charge in [-0.3, -0.25) is 4.98 Å². The summed E-state index contributed by atoms with van der Waals surface area (Å²) in [6.45, 7) is 4.15. The second-order valence-corrected chi connectivity index (χ2v) is 8.36. The van der Waals surface area contributed by atoms with Crippen LogP contribution < -0.4 is 10.6 Å². The number of fused-ring (bicyclic) bond motifs is 1. The largest absolute Gasteiger partial charge is 0.324 e. The molecule has 0 amide bonds. The first-order valence-corrected chi connectivity index (χ1v) is 9.86. The molecular formula is C18H20N4O2S. The van der Waals surface area contributed by atoms with Crippen molar-refractivity contribution in [3.05, 3.63) is 47.8 Å². The first-order chi connectivity index (χ1) is 11.9. The summed E-state index contributed by atoms with van der Waals surface area (Å²) in [6.07, 6.45) is 3.88. The van der Waals surface area contributed by atoms with Crippen LogP contribution in [-0.4, -0.2) is 19.4 Å². The molecule has 1 aromatic carbocycles. The smallest absolute Gasteiger partial charge is 0.287 e. The lowest BCUT2D eigenvalue weighted by Crippen LogP contribution is -2.29. The van der Waals surface area contributed by atoms with Gasteiger partial charge in [0.15, 0.2) is 0 Å². The van der Waals surface area contributed by atoms with Gasteiger partial charge in [0.2, 0.25) is 5.96 Å². The minimum atomic E-state index is -3.72. The molecule has 4 rings (SSSR count). The molecule has 0 saturated heterocycles. The van der Waals surface area contributed by atoms with Gasteiger partial charge in [-0.1, -0.05) is 26.0 Å². The molecule has 2 aromatic rings. The minimum Gasteiger partial charge on any atom is -0.324 e. The molecule has 2 N–H and O–H groups in total. The summed E-state index contributed by atoms with van der Waals surface area (Å²) in [5.74, 6) is 0.983. The minimum absolute atomic E-state index is 0.208. The highest BCUT2D eigenvalue weighted by molar-refractivity contribution is 7.90. The van der Waals surface area contributed by atoms with Crippen LogP contribution in [0.4, 0.5) is 11.4 Å². The van der Waals surface area contributed by atoms with Gasteiger partial charge in [0.05, 0.1) is 17.6 Å². The van der Waals surface area contributed by atoms with Crippen molar-refractivity contribution in [1.29, 1.82) is 0 Å². The maximum Gasteiger partial charge on any atom is 0.287 e. The highest BCUT2D eigenvalue weighted by Crippen LogP contribution is 2.46. The van der Waals surface area contributed by atoms with Gasteiger partial charge in [0.1, 0.15) is 4.90 Å². The molecule has 0 unspecified atom stereocenters. The Morgan fingerprint density at radius 3 is 2.64 bits per heavy atom. The van der Waals surface area contributed by atoms with Crippen LogP contribution in [0.2, 0.25) is 0 Å². The monoisotopic (exact) mass is 356 g/mol. The molecule has 25 heavy (non-hydrogen) atoms. The lowest BCUT2D eigenvalue weighted by molar-refractivity contribution is 0.597. The standard InChI is InChI=1S/C18H20N4O2S/c1-11(2)15-9-8-13(10-19-15)20-18-21-17-14(12-6-7-12)4-3-5-16(17)25(23,24)22-18/h3-5,8-12H,6-7H2,1-2H3,(H2,20,21,22). The molecule has 0 bridgehead atoms. The second-order valence-electron chi connectivity index (χ2n) is 6.79. The van der Waals surface area contributed by atoms with Crippen LogP contribution in [0.25, 0.3) is 0 Å². The molecule has 1 aromatic heterocycles. The van der Waals surface area contributed by atoms with Crippen LogP contribution in [0.1, 0.15) is 49.8 Å². The highest BCUT2D eigenvalue weighted by Gasteiger charge is 2.33. The predicted molar refractivity (Wildman–Crippen MR) is 98.6 cm³/mol. The van der Waals surface area contributed by atoms with Crippen molar-refractivity contribution >= 4 is 27.4 Å². The average Bonchev–Trinajstić information content (AvgIpc) is 3.39. The van der Waals surface area contributed by atoms with E-state index < -0.39 is 10.0 Å². The van der Waals surface area contributed by atoms with E-state index in [0.717, 1.165) is 24.1 Å². The zero-order valence-corrected chi connectivity index (χ0v) is 15.0. The number of aromatic nitrogens is 1. The molecule has 6 nitrogen and oxygen atoms in total. The fourth-order valence-electron chi connectivity index (χ4n) is 2.95. The third-order valence-corrected chi connectivity index (χ3v) is 5.77. The Morgan fingerprint density at radius 1 is 1.20 bits per heavy atom. The maximum absolute atomic E-state index is 12.5. The van der Waals surface area contributed by atoms with Gasteiger partial charge in [-0.2, -0.15) is 8.42 Å². The Balaban J connectivity index is 1.65. The summed E-state index contributed by atoms with van der Waals surface area (Å²) in [6, 6.07) is 9.17. The van der Waals surface area contributed by atoms with Gasteiger partial charge in [-0.15, -0.1) is 4.40 Å². The molecule has 130 valence electrons. The maximum atomic E-state index is 12.5. The topological polar surface area (TPSA) is 83.5 Å². The van der Waals surface area contributed by atoms with Crippen LogP contribution in [0.15, 0.2) is 45.8 Å². The van der Waals surface area contributed by atoms with E-state index in [0.29, 0.717) is 23.2 Å². The van der Waals surface area contributed by atoms with E-state index in [1.165, 1.54) is 0 Å². The van der Waals surface area contributed by atoms with Crippen molar-refractivity contribution in [3.63, 3.8) is 0 Å². The zero-order chi connectivity index (χ0) is 17.6. The second kappa shape index (κ2) is 5.84. The number of nitrogens with one attached hydrogen (secondary N) is 2. The average molecular weight is 356 g/mol. The number of nitrogens with zero attached hydrogens (tertiary/aromatic N) is 2. The van der Waals surface area contributed by atoms with E-state index in [1.54, 1.807) is 18.3 Å². The van der Waals surface area contributed by atoms with Crippen molar-refractivity contribution < 1.29 is 8.42 Å². The molecular weight excluding hydrogens is 336 g/mol. The van der Waals surface area contributed by atoms with Gasteiger partial charge < -0.3 is 10.6 Å². The van der Waals surface area contributed by atoms with E-state index in [9.17, 15) is 8.42 Å². The molecule has 1 saturated carbocycles. The Labute approximate surface area is 147 Å². The molecule has 1 aliphatic carbocycles. The van der Waals surface area contributed by atoms with Crippen LogP contribution >= 0.6 is 0 Å². The Kier molecular flexibility index (Phi) is 3.76. The third kappa shape index (κ3) is 3.11. The summed E-state index contributed by atoms with van der Waals surface area (Å²) in [5.41, 5.74) is 3.37. The lowest BCUT2D eigenvalue weighted by Gasteiger charge is -2.21. The van der Waals surface area contributed by atoms with E-state index in [4.69, 9.17) is 0 Å². The van der Waals surface area contributed by atoms with E-state index in [-0.39, 0.29) is 10.9 Å². The molecule has 2 heterocycles. The van der Waals surface area contributed by atoms with Gasteiger partial charge in [-0.25, -0.2) is 0 Å². The number of hydrogen-bond acceptors (Lipinski definition) is 5. The molecule has 0 spiro atoms. The number of hydrogen-bond donors (Lipinski definition) is 2. The number of benzene rings is 1. The fourth-order valence-corrected chi connectivity index (χ4v) is 4.06. The number of rotatable bonds is 3. The van der Waals surface area contributed by atoms with Gasteiger partial charge in [-0.05, 0) is 48.4 Å². The molecule has 1 fully saturated rings. The predicted octanol–water partition coefficient (Wildman–Crippen LogP) is 3.66. The summed E-state index contributed by atoms with van der Waals surface area (Å²) in [7, 11) is -3.72. The molecule has 7 heteroatoms. The van der Waals surface area contributed by atoms with Crippen molar-refractivity contribution in [2.75, 3.05) is 10.6 Å². The van der Waals surface area contributed by atoms with Crippen LogP contribution in [0, 0.1) is 0 Å². The summed E-state index contributed by atoms with van der Waals surface area (Å²) < 4.78 is 28.9. The summed E-state index contributed by atoms with van der Waals surface area (Å²) in [5, 5.41) is 6.19. The number of guanidine groups is 1. The number of anilines is 2. The van der Waals surface area contributed by atoms with Crippen LogP contribution in [0.3, 0.4) is 0 Å².